The molecule has 1 aromatic carbocycles. The largest absolute Gasteiger partial charge is 0.322 e. The van der Waals surface area contributed by atoms with Crippen molar-refractivity contribution in [1.29, 1.82) is 0 Å². The topological polar surface area (TPSA) is 32.3 Å². The molecule has 1 heterocycles. The molecule has 1 saturated heterocycles. The third kappa shape index (κ3) is 4.24. The van der Waals surface area contributed by atoms with Gasteiger partial charge in [0.1, 0.15) is 6.17 Å². The van der Waals surface area contributed by atoms with Gasteiger partial charge in [-0.25, -0.2) is 0 Å². The lowest BCUT2D eigenvalue weighted by atomic mass is 10.1. The molecule has 1 aromatic rings. The quantitative estimate of drug-likeness (QED) is 0.747. The average molecular weight is 306 g/mol. The number of unbranched alkanes of at least 4 members (excludes halogenated alkanes) is 2. The zero-order valence-corrected chi connectivity index (χ0v) is 13.9. The maximum Gasteiger partial charge on any atom is 0.241 e. The molecule has 1 aliphatic rings. The first-order valence-corrected chi connectivity index (χ1v) is 9.27. The molecule has 3 nitrogen and oxygen atoms in total. The Labute approximate surface area is 132 Å². The number of benzene rings is 1. The first kappa shape index (κ1) is 16.4. The standard InChI is InChI=1S/C17H26N2OS/c1-3-15-17(20)19(12-8-5-9-13-21-2)16(18-15)14-10-6-4-7-11-14/h4,6-7,10-11,15-16,18H,3,5,8-9,12-13H2,1-2H3. The third-order valence-electron chi connectivity index (χ3n) is 4.02. The van der Waals surface area contributed by atoms with Gasteiger partial charge in [-0.15, -0.1) is 0 Å². The van der Waals surface area contributed by atoms with Gasteiger partial charge in [0.25, 0.3) is 0 Å². The van der Waals surface area contributed by atoms with Gasteiger partial charge in [0.15, 0.2) is 0 Å². The number of nitrogens with one attached hydrogen (secondary N) is 1. The summed E-state index contributed by atoms with van der Waals surface area (Å²) in [5.74, 6) is 1.47. The van der Waals surface area contributed by atoms with E-state index in [0.29, 0.717) is 0 Å². The molecule has 2 unspecified atom stereocenters. The molecule has 4 heteroatoms. The maximum atomic E-state index is 12.5. The molecule has 0 bridgehead atoms. The van der Waals surface area contributed by atoms with Crippen molar-refractivity contribution in [2.24, 2.45) is 0 Å². The zero-order valence-electron chi connectivity index (χ0n) is 13.0. The number of carbonyl (C=O) groups excluding carboxylic acids is 1. The second kappa shape index (κ2) is 8.44. The number of carbonyl (C=O) groups is 1. The van der Waals surface area contributed by atoms with Gasteiger partial charge in [-0.1, -0.05) is 43.7 Å². The fourth-order valence-electron chi connectivity index (χ4n) is 2.83. The summed E-state index contributed by atoms with van der Waals surface area (Å²) >= 11 is 1.89. The lowest BCUT2D eigenvalue weighted by Gasteiger charge is -2.24. The monoisotopic (exact) mass is 306 g/mol. The van der Waals surface area contributed by atoms with Crippen LogP contribution in [0.5, 0.6) is 0 Å². The van der Waals surface area contributed by atoms with Gasteiger partial charge < -0.3 is 4.90 Å². The minimum absolute atomic E-state index is 0.0265. The molecule has 0 radical (unpaired) electrons. The van der Waals surface area contributed by atoms with E-state index in [-0.39, 0.29) is 18.1 Å². The van der Waals surface area contributed by atoms with Gasteiger partial charge in [-0.05, 0) is 36.8 Å². The molecule has 1 amide bonds. The Balaban J connectivity index is 1.98. The minimum atomic E-state index is -0.0265. The van der Waals surface area contributed by atoms with E-state index in [0.717, 1.165) is 19.4 Å². The average Bonchev–Trinajstić information content (AvgIpc) is 2.84. The molecule has 0 saturated carbocycles. The highest BCUT2D eigenvalue weighted by Crippen LogP contribution is 2.26. The van der Waals surface area contributed by atoms with Crippen LogP contribution in [0.4, 0.5) is 0 Å². The van der Waals surface area contributed by atoms with Gasteiger partial charge in [0, 0.05) is 6.54 Å². The highest BCUT2D eigenvalue weighted by molar-refractivity contribution is 7.98. The van der Waals surface area contributed by atoms with Crippen LogP contribution in [-0.4, -0.2) is 35.4 Å². The highest BCUT2D eigenvalue weighted by Gasteiger charge is 2.37. The highest BCUT2D eigenvalue weighted by atomic mass is 32.2. The lowest BCUT2D eigenvalue weighted by molar-refractivity contribution is -0.130. The fourth-order valence-corrected chi connectivity index (χ4v) is 3.32. The lowest BCUT2D eigenvalue weighted by Crippen LogP contribution is -2.31. The summed E-state index contributed by atoms with van der Waals surface area (Å²) < 4.78 is 0. The number of amides is 1. The number of hydrogen-bond donors (Lipinski definition) is 1. The summed E-state index contributed by atoms with van der Waals surface area (Å²) in [5.41, 5.74) is 1.19. The van der Waals surface area contributed by atoms with Gasteiger partial charge in [0.05, 0.1) is 6.04 Å². The molecule has 0 spiro atoms. The Kier molecular flexibility index (Phi) is 6.58. The number of thioether (sulfide) groups is 1. The van der Waals surface area contributed by atoms with Crippen molar-refractivity contribution < 1.29 is 4.79 Å². The van der Waals surface area contributed by atoms with E-state index >= 15 is 0 Å². The number of hydrogen-bond acceptors (Lipinski definition) is 3. The molecule has 2 rings (SSSR count). The first-order chi connectivity index (χ1) is 10.3. The predicted molar refractivity (Wildman–Crippen MR) is 90.3 cm³/mol. The van der Waals surface area contributed by atoms with Crippen molar-refractivity contribution in [1.82, 2.24) is 10.2 Å². The second-order valence-corrected chi connectivity index (χ2v) is 6.51. The summed E-state index contributed by atoms with van der Waals surface area (Å²) in [7, 11) is 0. The summed E-state index contributed by atoms with van der Waals surface area (Å²) in [6, 6.07) is 10.3. The van der Waals surface area contributed by atoms with Crippen LogP contribution in [0.2, 0.25) is 0 Å². The molecule has 21 heavy (non-hydrogen) atoms. The molecule has 1 aliphatic heterocycles. The fraction of sp³-hybridized carbons (Fsp3) is 0.588. The van der Waals surface area contributed by atoms with Crippen LogP contribution in [0.25, 0.3) is 0 Å². The maximum absolute atomic E-state index is 12.5. The SMILES string of the molecule is CCC1NC(c2ccccc2)N(CCCCCSC)C1=O. The smallest absolute Gasteiger partial charge is 0.241 e. The molecular weight excluding hydrogens is 280 g/mol. The van der Waals surface area contributed by atoms with E-state index in [9.17, 15) is 4.79 Å². The van der Waals surface area contributed by atoms with Crippen LogP contribution in [-0.2, 0) is 4.79 Å². The van der Waals surface area contributed by atoms with E-state index in [1.165, 1.54) is 24.2 Å². The second-order valence-electron chi connectivity index (χ2n) is 5.53. The van der Waals surface area contributed by atoms with E-state index in [1.54, 1.807) is 0 Å². The van der Waals surface area contributed by atoms with Crippen molar-refractivity contribution in [3.8, 4) is 0 Å². The van der Waals surface area contributed by atoms with Crippen molar-refractivity contribution in [2.75, 3.05) is 18.6 Å². The van der Waals surface area contributed by atoms with Crippen LogP contribution >= 0.6 is 11.8 Å². The van der Waals surface area contributed by atoms with Crippen molar-refractivity contribution >= 4 is 17.7 Å². The Morgan fingerprint density at radius 3 is 2.62 bits per heavy atom. The van der Waals surface area contributed by atoms with Crippen molar-refractivity contribution in [2.45, 2.75) is 44.8 Å². The van der Waals surface area contributed by atoms with E-state index in [2.05, 4.69) is 30.6 Å². The molecule has 0 aliphatic carbocycles. The molecule has 1 N–H and O–H groups in total. The third-order valence-corrected chi connectivity index (χ3v) is 4.72. The van der Waals surface area contributed by atoms with Gasteiger partial charge in [-0.2, -0.15) is 11.8 Å². The summed E-state index contributed by atoms with van der Waals surface area (Å²) in [6.45, 7) is 2.93. The Morgan fingerprint density at radius 2 is 1.95 bits per heavy atom. The summed E-state index contributed by atoms with van der Waals surface area (Å²) in [5, 5.41) is 3.48. The minimum Gasteiger partial charge on any atom is -0.322 e. The molecule has 0 aromatic heterocycles. The van der Waals surface area contributed by atoms with Crippen LogP contribution in [0.1, 0.15) is 44.3 Å². The Morgan fingerprint density at radius 1 is 1.19 bits per heavy atom. The van der Waals surface area contributed by atoms with Crippen LogP contribution in [0.15, 0.2) is 30.3 Å². The molecule has 116 valence electrons. The van der Waals surface area contributed by atoms with Crippen LogP contribution < -0.4 is 5.32 Å². The van der Waals surface area contributed by atoms with Crippen molar-refractivity contribution in [3.63, 3.8) is 0 Å². The van der Waals surface area contributed by atoms with E-state index < -0.39 is 0 Å². The molecule has 1 fully saturated rings. The van der Waals surface area contributed by atoms with Crippen LogP contribution in [0.3, 0.4) is 0 Å². The molecule has 2 atom stereocenters. The Bertz CT molecular complexity index is 438. The van der Waals surface area contributed by atoms with Gasteiger partial charge in [0.2, 0.25) is 5.91 Å². The first-order valence-electron chi connectivity index (χ1n) is 7.88. The Hall–Kier alpha value is -1.00. The number of nitrogens with zero attached hydrogens (tertiary/aromatic N) is 1. The predicted octanol–water partition coefficient (Wildman–Crippen LogP) is 3.43. The molecular formula is C17H26N2OS. The normalized spacial score (nSPS) is 22.0. The van der Waals surface area contributed by atoms with E-state index in [1.807, 2.05) is 34.9 Å². The van der Waals surface area contributed by atoms with E-state index in [4.69, 9.17) is 0 Å². The zero-order chi connectivity index (χ0) is 15.1. The summed E-state index contributed by atoms with van der Waals surface area (Å²) in [6.07, 6.45) is 6.57. The number of rotatable bonds is 8. The van der Waals surface area contributed by atoms with Gasteiger partial charge in [-0.3, -0.25) is 10.1 Å². The van der Waals surface area contributed by atoms with Gasteiger partial charge >= 0.3 is 0 Å². The van der Waals surface area contributed by atoms with Crippen LogP contribution in [0, 0.1) is 0 Å². The van der Waals surface area contributed by atoms with Crippen molar-refractivity contribution in [3.05, 3.63) is 35.9 Å². The summed E-state index contributed by atoms with van der Waals surface area (Å²) in [4.78, 5) is 14.5.